The first-order valence-corrected chi connectivity index (χ1v) is 7.48. The summed E-state index contributed by atoms with van der Waals surface area (Å²) in [4.78, 5) is 2.46. The highest BCUT2D eigenvalue weighted by Crippen LogP contribution is 2.08. The van der Waals surface area contributed by atoms with Gasteiger partial charge in [-0.15, -0.1) is 12.4 Å². The largest absolute Gasteiger partial charge is 0.315 e. The molecule has 1 aromatic carbocycles. The second-order valence-electron chi connectivity index (χ2n) is 5.55. The summed E-state index contributed by atoms with van der Waals surface area (Å²) in [6, 6.07) is 6.59. The fourth-order valence-electron chi connectivity index (χ4n) is 2.67. The molecule has 1 aliphatic heterocycles. The molecular weight excluding hydrogens is 303 g/mol. The zero-order valence-electron chi connectivity index (χ0n) is 12.5. The maximum atomic E-state index is 12.9. The van der Waals surface area contributed by atoms with Gasteiger partial charge < -0.3 is 5.32 Å². The van der Waals surface area contributed by atoms with Crippen LogP contribution in [0.15, 0.2) is 36.7 Å². The number of rotatable bonds is 4. The average molecular weight is 325 g/mol. The van der Waals surface area contributed by atoms with Gasteiger partial charge in [0.1, 0.15) is 5.82 Å². The SMILES string of the molecule is Cl.Fc1ccc(Cn2cc(CN3CCCNCC3)cn2)cc1. The number of benzene rings is 1. The molecule has 2 aromatic rings. The van der Waals surface area contributed by atoms with Crippen LogP contribution >= 0.6 is 12.4 Å². The Labute approximate surface area is 136 Å². The van der Waals surface area contributed by atoms with Gasteiger partial charge in [-0.2, -0.15) is 5.10 Å². The molecule has 0 saturated carbocycles. The number of aromatic nitrogens is 2. The van der Waals surface area contributed by atoms with E-state index in [0.717, 1.165) is 38.3 Å². The number of nitrogens with one attached hydrogen (secondary N) is 1. The third-order valence-electron chi connectivity index (χ3n) is 3.78. The van der Waals surface area contributed by atoms with Gasteiger partial charge in [-0.25, -0.2) is 4.39 Å². The summed E-state index contributed by atoms with van der Waals surface area (Å²) >= 11 is 0. The van der Waals surface area contributed by atoms with Gasteiger partial charge in [0.2, 0.25) is 0 Å². The van der Waals surface area contributed by atoms with Crippen LogP contribution in [0.1, 0.15) is 17.5 Å². The zero-order chi connectivity index (χ0) is 14.5. The second kappa shape index (κ2) is 8.27. The van der Waals surface area contributed by atoms with E-state index >= 15 is 0 Å². The number of halogens is 2. The molecule has 0 aliphatic carbocycles. The minimum atomic E-state index is -0.199. The van der Waals surface area contributed by atoms with Gasteiger partial charge in [-0.1, -0.05) is 12.1 Å². The summed E-state index contributed by atoms with van der Waals surface area (Å²) in [5, 5.41) is 7.82. The molecule has 0 spiro atoms. The van der Waals surface area contributed by atoms with Crippen LogP contribution in [0.3, 0.4) is 0 Å². The van der Waals surface area contributed by atoms with Crippen LogP contribution in [0.4, 0.5) is 4.39 Å². The smallest absolute Gasteiger partial charge is 0.123 e. The Kier molecular flexibility index (Phi) is 6.36. The molecule has 22 heavy (non-hydrogen) atoms. The van der Waals surface area contributed by atoms with Gasteiger partial charge in [-0.05, 0) is 37.2 Å². The molecule has 1 saturated heterocycles. The molecule has 1 fully saturated rings. The maximum Gasteiger partial charge on any atom is 0.123 e. The number of hydrogen-bond donors (Lipinski definition) is 1. The first-order valence-electron chi connectivity index (χ1n) is 7.48. The molecule has 120 valence electrons. The lowest BCUT2D eigenvalue weighted by molar-refractivity contribution is 0.284. The standard InChI is InChI=1S/C16H21FN4.ClH/c17-16-4-2-14(3-5-16)12-21-13-15(10-19-21)11-20-8-1-6-18-7-9-20;/h2-5,10,13,18H,1,6-9,11-12H2;1H. The Morgan fingerprint density at radius 1 is 1.05 bits per heavy atom. The summed E-state index contributed by atoms with van der Waals surface area (Å²) in [5.41, 5.74) is 2.30. The highest BCUT2D eigenvalue weighted by Gasteiger charge is 2.10. The molecule has 6 heteroatoms. The summed E-state index contributed by atoms with van der Waals surface area (Å²) in [7, 11) is 0. The van der Waals surface area contributed by atoms with Gasteiger partial charge in [0, 0.05) is 31.4 Å². The van der Waals surface area contributed by atoms with E-state index in [1.54, 1.807) is 12.1 Å². The van der Waals surface area contributed by atoms with Crippen molar-refractivity contribution in [3.8, 4) is 0 Å². The van der Waals surface area contributed by atoms with Gasteiger partial charge in [0.25, 0.3) is 0 Å². The van der Waals surface area contributed by atoms with Gasteiger partial charge in [0.05, 0.1) is 12.7 Å². The second-order valence-corrected chi connectivity index (χ2v) is 5.55. The van der Waals surface area contributed by atoms with Crippen LogP contribution < -0.4 is 5.32 Å². The lowest BCUT2D eigenvalue weighted by Gasteiger charge is -2.17. The minimum Gasteiger partial charge on any atom is -0.315 e. The summed E-state index contributed by atoms with van der Waals surface area (Å²) < 4.78 is 14.8. The van der Waals surface area contributed by atoms with Crippen molar-refractivity contribution in [2.24, 2.45) is 0 Å². The molecule has 0 amide bonds. The number of nitrogens with zero attached hydrogens (tertiary/aromatic N) is 3. The fraction of sp³-hybridized carbons (Fsp3) is 0.438. The first-order chi connectivity index (χ1) is 10.3. The van der Waals surface area contributed by atoms with Crippen LogP contribution in [-0.2, 0) is 13.1 Å². The molecule has 1 aromatic heterocycles. The van der Waals surface area contributed by atoms with Crippen molar-refractivity contribution < 1.29 is 4.39 Å². The van der Waals surface area contributed by atoms with Crippen LogP contribution in [-0.4, -0.2) is 40.9 Å². The quantitative estimate of drug-likeness (QED) is 0.936. The topological polar surface area (TPSA) is 33.1 Å². The van der Waals surface area contributed by atoms with E-state index in [1.165, 1.54) is 24.1 Å². The minimum absolute atomic E-state index is 0. The first kappa shape index (κ1) is 16.9. The average Bonchev–Trinajstić information content (AvgIpc) is 2.75. The van der Waals surface area contributed by atoms with Gasteiger partial charge in [0.15, 0.2) is 0 Å². The van der Waals surface area contributed by atoms with E-state index in [1.807, 2.05) is 10.9 Å². The predicted molar refractivity (Wildman–Crippen MR) is 87.7 cm³/mol. The van der Waals surface area contributed by atoms with Crippen molar-refractivity contribution in [3.05, 3.63) is 53.6 Å². The summed E-state index contributed by atoms with van der Waals surface area (Å²) in [6.45, 7) is 6.02. The van der Waals surface area contributed by atoms with Crippen molar-refractivity contribution in [1.29, 1.82) is 0 Å². The maximum absolute atomic E-state index is 12.9. The van der Waals surface area contributed by atoms with E-state index in [-0.39, 0.29) is 18.2 Å². The Morgan fingerprint density at radius 2 is 1.86 bits per heavy atom. The lowest BCUT2D eigenvalue weighted by Crippen LogP contribution is -2.27. The fourth-order valence-corrected chi connectivity index (χ4v) is 2.67. The monoisotopic (exact) mass is 324 g/mol. The van der Waals surface area contributed by atoms with E-state index < -0.39 is 0 Å². The summed E-state index contributed by atoms with van der Waals surface area (Å²) in [6.07, 6.45) is 5.22. The molecule has 2 heterocycles. The Hall–Kier alpha value is -1.43. The molecule has 1 aliphatic rings. The van der Waals surface area contributed by atoms with E-state index in [9.17, 15) is 4.39 Å². The van der Waals surface area contributed by atoms with Crippen molar-refractivity contribution in [2.75, 3.05) is 26.2 Å². The highest BCUT2D eigenvalue weighted by molar-refractivity contribution is 5.85. The normalized spacial score (nSPS) is 16.0. The van der Waals surface area contributed by atoms with Crippen LogP contribution in [0, 0.1) is 5.82 Å². The molecule has 0 radical (unpaired) electrons. The number of hydrogen-bond acceptors (Lipinski definition) is 3. The molecule has 0 bridgehead atoms. The van der Waals surface area contributed by atoms with Crippen LogP contribution in [0.5, 0.6) is 0 Å². The van der Waals surface area contributed by atoms with Crippen LogP contribution in [0.25, 0.3) is 0 Å². The van der Waals surface area contributed by atoms with Crippen LogP contribution in [0.2, 0.25) is 0 Å². The van der Waals surface area contributed by atoms with Gasteiger partial charge >= 0.3 is 0 Å². The van der Waals surface area contributed by atoms with Crippen molar-refractivity contribution in [3.63, 3.8) is 0 Å². The Bertz CT molecular complexity index is 562. The zero-order valence-corrected chi connectivity index (χ0v) is 13.4. The molecule has 3 rings (SSSR count). The van der Waals surface area contributed by atoms with E-state index in [4.69, 9.17) is 0 Å². The van der Waals surface area contributed by atoms with Crippen molar-refractivity contribution >= 4 is 12.4 Å². The third-order valence-corrected chi connectivity index (χ3v) is 3.78. The van der Waals surface area contributed by atoms with Gasteiger partial charge in [-0.3, -0.25) is 9.58 Å². The molecule has 4 nitrogen and oxygen atoms in total. The lowest BCUT2D eigenvalue weighted by atomic mass is 10.2. The Morgan fingerprint density at radius 3 is 2.68 bits per heavy atom. The van der Waals surface area contributed by atoms with Crippen molar-refractivity contribution in [1.82, 2.24) is 20.0 Å². The summed E-state index contributed by atoms with van der Waals surface area (Å²) in [5.74, 6) is -0.199. The van der Waals surface area contributed by atoms with E-state index in [2.05, 4.69) is 21.5 Å². The molecule has 0 unspecified atom stereocenters. The third kappa shape index (κ3) is 4.80. The molecular formula is C16H22ClFN4. The molecule has 1 N–H and O–H groups in total. The molecule has 0 atom stereocenters. The predicted octanol–water partition coefficient (Wildman–Crippen LogP) is 2.29. The van der Waals surface area contributed by atoms with E-state index in [0.29, 0.717) is 6.54 Å². The van der Waals surface area contributed by atoms with Crippen molar-refractivity contribution in [2.45, 2.75) is 19.5 Å². The Balaban J connectivity index is 0.00000176. The highest BCUT2D eigenvalue weighted by atomic mass is 35.5.